The molecule has 0 saturated heterocycles. The fraction of sp³-hybridized carbons (Fsp3) is 0.125. The van der Waals surface area contributed by atoms with Crippen LogP contribution in [0.4, 0.5) is 0 Å². The van der Waals surface area contributed by atoms with Crippen molar-refractivity contribution < 1.29 is 13.2 Å². The molecule has 1 aliphatic heterocycles. The van der Waals surface area contributed by atoms with Crippen molar-refractivity contribution in [3.8, 4) is 0 Å². The zero-order valence-electron chi connectivity index (χ0n) is 7.10. The summed E-state index contributed by atoms with van der Waals surface area (Å²) in [4.78, 5) is 11.3. The van der Waals surface area contributed by atoms with Crippen molar-refractivity contribution in [1.82, 2.24) is 5.32 Å². The molecule has 1 aromatic rings. The lowest BCUT2D eigenvalue weighted by molar-refractivity contribution is 0.0963. The summed E-state index contributed by atoms with van der Waals surface area (Å²) in [7, 11) is -3.78. The van der Waals surface area contributed by atoms with Crippen LogP contribution >= 0.6 is 0 Å². The Bertz CT molecular complexity index is 495. The normalized spacial score (nSPS) is 20.4. The van der Waals surface area contributed by atoms with Crippen molar-refractivity contribution in [3.63, 3.8) is 0 Å². The second-order valence-corrected chi connectivity index (χ2v) is 4.68. The van der Waals surface area contributed by atoms with Gasteiger partial charge in [0, 0.05) is 11.1 Å². The zero-order chi connectivity index (χ0) is 10.3. The SMILES string of the molecule is NS(=O)(=O)C1NC(=O)c2ccccc21. The lowest BCUT2D eigenvalue weighted by Crippen LogP contribution is -2.30. The molecule has 1 heterocycles. The number of hydrogen-bond acceptors (Lipinski definition) is 3. The molecule has 14 heavy (non-hydrogen) atoms. The van der Waals surface area contributed by atoms with Crippen LogP contribution in [0.1, 0.15) is 21.3 Å². The van der Waals surface area contributed by atoms with Crippen molar-refractivity contribution >= 4 is 15.9 Å². The van der Waals surface area contributed by atoms with Gasteiger partial charge in [-0.25, -0.2) is 13.6 Å². The van der Waals surface area contributed by atoms with E-state index in [1.54, 1.807) is 24.3 Å². The Kier molecular flexibility index (Phi) is 1.83. The molecule has 5 nitrogen and oxygen atoms in total. The van der Waals surface area contributed by atoms with Crippen molar-refractivity contribution in [1.29, 1.82) is 0 Å². The first-order valence-corrected chi connectivity index (χ1v) is 5.52. The molecule has 6 heteroatoms. The highest BCUT2D eigenvalue weighted by molar-refractivity contribution is 7.89. The number of carbonyl (C=O) groups excluding carboxylic acids is 1. The molecule has 0 radical (unpaired) electrons. The highest BCUT2D eigenvalue weighted by atomic mass is 32.2. The van der Waals surface area contributed by atoms with E-state index in [4.69, 9.17) is 5.14 Å². The molecule has 0 saturated carbocycles. The van der Waals surface area contributed by atoms with Crippen molar-refractivity contribution in [2.45, 2.75) is 5.37 Å². The number of benzene rings is 1. The molecule has 74 valence electrons. The number of amides is 1. The number of nitrogens with one attached hydrogen (secondary N) is 1. The lowest BCUT2D eigenvalue weighted by atomic mass is 10.1. The van der Waals surface area contributed by atoms with Crippen LogP contribution in [0, 0.1) is 0 Å². The molecule has 0 bridgehead atoms. The van der Waals surface area contributed by atoms with Crippen LogP contribution in [0.25, 0.3) is 0 Å². The Morgan fingerprint density at radius 1 is 1.29 bits per heavy atom. The van der Waals surface area contributed by atoms with Gasteiger partial charge in [0.2, 0.25) is 10.0 Å². The van der Waals surface area contributed by atoms with E-state index in [0.717, 1.165) is 0 Å². The Morgan fingerprint density at radius 3 is 2.57 bits per heavy atom. The van der Waals surface area contributed by atoms with Crippen molar-refractivity contribution in [2.75, 3.05) is 0 Å². The third-order valence-corrected chi connectivity index (χ3v) is 3.11. The first-order chi connectivity index (χ1) is 6.50. The zero-order valence-corrected chi connectivity index (χ0v) is 7.91. The first kappa shape index (κ1) is 9.17. The van der Waals surface area contributed by atoms with Gasteiger partial charge >= 0.3 is 0 Å². The number of hydrogen-bond donors (Lipinski definition) is 2. The molecular formula is C8H8N2O3S. The summed E-state index contributed by atoms with van der Waals surface area (Å²) in [5, 5.41) is 6.18. The van der Waals surface area contributed by atoms with E-state index in [-0.39, 0.29) is 0 Å². The van der Waals surface area contributed by atoms with Gasteiger partial charge in [-0.3, -0.25) is 4.79 Å². The summed E-state index contributed by atoms with van der Waals surface area (Å²) in [5.74, 6) is -0.403. The molecule has 1 aromatic carbocycles. The molecule has 0 fully saturated rings. The third-order valence-electron chi connectivity index (χ3n) is 2.08. The minimum atomic E-state index is -3.78. The molecular weight excluding hydrogens is 204 g/mol. The van der Waals surface area contributed by atoms with Crippen LogP contribution < -0.4 is 10.5 Å². The lowest BCUT2D eigenvalue weighted by Gasteiger charge is -2.07. The maximum atomic E-state index is 11.3. The average molecular weight is 212 g/mol. The summed E-state index contributed by atoms with van der Waals surface area (Å²) in [6.07, 6.45) is 0. The fourth-order valence-corrected chi connectivity index (χ4v) is 2.30. The predicted octanol–water partition coefficient (Wildman–Crippen LogP) is -0.283. The Morgan fingerprint density at radius 2 is 1.93 bits per heavy atom. The second-order valence-electron chi connectivity index (χ2n) is 3.03. The summed E-state index contributed by atoms with van der Waals surface area (Å²) in [5.41, 5.74) is 0.784. The van der Waals surface area contributed by atoms with E-state index in [2.05, 4.69) is 5.32 Å². The molecule has 0 aromatic heterocycles. The number of sulfonamides is 1. The summed E-state index contributed by atoms with van der Waals surface area (Å²) in [6, 6.07) is 6.47. The van der Waals surface area contributed by atoms with Crippen LogP contribution in [-0.4, -0.2) is 14.3 Å². The van der Waals surface area contributed by atoms with Crippen LogP contribution in [-0.2, 0) is 10.0 Å². The maximum absolute atomic E-state index is 11.3. The first-order valence-electron chi connectivity index (χ1n) is 3.91. The van der Waals surface area contributed by atoms with E-state index >= 15 is 0 Å². The van der Waals surface area contributed by atoms with E-state index in [0.29, 0.717) is 11.1 Å². The fourth-order valence-electron chi connectivity index (χ4n) is 1.47. The molecule has 1 amide bonds. The van der Waals surface area contributed by atoms with Gasteiger partial charge in [0.15, 0.2) is 5.37 Å². The Balaban J connectivity index is 2.61. The minimum absolute atomic E-state index is 0.367. The van der Waals surface area contributed by atoms with Gasteiger partial charge < -0.3 is 5.32 Å². The van der Waals surface area contributed by atoms with Gasteiger partial charge in [-0.2, -0.15) is 0 Å². The highest BCUT2D eigenvalue weighted by Crippen LogP contribution is 2.27. The van der Waals surface area contributed by atoms with Gasteiger partial charge in [-0.1, -0.05) is 18.2 Å². The Hall–Kier alpha value is -1.40. The van der Waals surface area contributed by atoms with Crippen LogP contribution in [0.15, 0.2) is 24.3 Å². The number of carbonyl (C=O) groups is 1. The quantitative estimate of drug-likeness (QED) is 0.670. The van der Waals surface area contributed by atoms with E-state index in [9.17, 15) is 13.2 Å². The molecule has 0 spiro atoms. The summed E-state index contributed by atoms with van der Waals surface area (Å²) in [6.45, 7) is 0. The molecule has 2 rings (SSSR count). The summed E-state index contributed by atoms with van der Waals surface area (Å²) < 4.78 is 22.2. The maximum Gasteiger partial charge on any atom is 0.252 e. The molecule has 3 N–H and O–H groups in total. The minimum Gasteiger partial charge on any atom is -0.331 e. The number of nitrogens with two attached hydrogens (primary N) is 1. The average Bonchev–Trinajstić information content (AvgIpc) is 2.44. The van der Waals surface area contributed by atoms with Gasteiger partial charge in [-0.15, -0.1) is 0 Å². The predicted molar refractivity (Wildman–Crippen MR) is 49.8 cm³/mol. The van der Waals surface area contributed by atoms with Crippen molar-refractivity contribution in [3.05, 3.63) is 35.4 Å². The van der Waals surface area contributed by atoms with E-state index < -0.39 is 21.3 Å². The smallest absolute Gasteiger partial charge is 0.252 e. The molecule has 1 unspecified atom stereocenters. The Labute approximate surface area is 81.0 Å². The standard InChI is InChI=1S/C8H8N2O3S/c9-14(12,13)8-6-4-2-1-3-5(6)7(11)10-8/h1-4,8H,(H,10,11)(H2,9,12,13). The van der Waals surface area contributed by atoms with Crippen LogP contribution in [0.5, 0.6) is 0 Å². The number of rotatable bonds is 1. The van der Waals surface area contributed by atoms with Gasteiger partial charge in [0.05, 0.1) is 0 Å². The van der Waals surface area contributed by atoms with Crippen LogP contribution in [0.2, 0.25) is 0 Å². The second kappa shape index (κ2) is 2.79. The third kappa shape index (κ3) is 1.28. The molecule has 1 atom stereocenters. The van der Waals surface area contributed by atoms with Crippen LogP contribution in [0.3, 0.4) is 0 Å². The number of fused-ring (bicyclic) bond motifs is 1. The van der Waals surface area contributed by atoms with E-state index in [1.807, 2.05) is 0 Å². The monoisotopic (exact) mass is 212 g/mol. The molecule has 0 aliphatic carbocycles. The van der Waals surface area contributed by atoms with Crippen molar-refractivity contribution in [2.24, 2.45) is 5.14 Å². The topological polar surface area (TPSA) is 89.3 Å². The van der Waals surface area contributed by atoms with E-state index in [1.165, 1.54) is 0 Å². The van der Waals surface area contributed by atoms with Gasteiger partial charge in [0.25, 0.3) is 5.91 Å². The largest absolute Gasteiger partial charge is 0.331 e. The number of primary sulfonamides is 1. The molecule has 1 aliphatic rings. The highest BCUT2D eigenvalue weighted by Gasteiger charge is 2.35. The summed E-state index contributed by atoms with van der Waals surface area (Å²) >= 11 is 0. The van der Waals surface area contributed by atoms with Gasteiger partial charge in [-0.05, 0) is 6.07 Å². The van der Waals surface area contributed by atoms with Gasteiger partial charge in [0.1, 0.15) is 0 Å².